The van der Waals surface area contributed by atoms with Gasteiger partial charge in [-0.05, 0) is 24.3 Å². The molecule has 0 bridgehead atoms. The van der Waals surface area contributed by atoms with Crippen molar-refractivity contribution in [2.45, 2.75) is 13.5 Å². The standard InChI is InChI=1S/C17H16N6O2/c1-11-20-17(22-25-11)12-5-7-18-13(10-12)15-16-14(4-3-6-19-16)23(21-15)8-9-24-2/h3-7,10H,8-9H2,1-2H3. The van der Waals surface area contributed by atoms with Crippen molar-refractivity contribution in [3.8, 4) is 22.8 Å². The van der Waals surface area contributed by atoms with Crippen LogP contribution >= 0.6 is 0 Å². The number of pyridine rings is 2. The van der Waals surface area contributed by atoms with Crippen molar-refractivity contribution in [3.63, 3.8) is 0 Å². The van der Waals surface area contributed by atoms with Crippen molar-refractivity contribution in [1.82, 2.24) is 29.9 Å². The molecular formula is C17H16N6O2. The van der Waals surface area contributed by atoms with Gasteiger partial charge in [0, 0.05) is 32.0 Å². The number of aromatic nitrogens is 6. The SMILES string of the molecule is COCCn1nc(-c2cc(-c3noc(C)n3)ccn2)c2ncccc21. The Morgan fingerprint density at radius 3 is 2.92 bits per heavy atom. The molecule has 0 aromatic carbocycles. The van der Waals surface area contributed by atoms with Crippen LogP contribution < -0.4 is 0 Å². The number of methoxy groups -OCH3 is 1. The third kappa shape index (κ3) is 2.87. The Kier molecular flexibility index (Phi) is 3.95. The molecule has 8 nitrogen and oxygen atoms in total. The van der Waals surface area contributed by atoms with Gasteiger partial charge < -0.3 is 9.26 Å². The topological polar surface area (TPSA) is 91.8 Å². The molecule has 0 spiro atoms. The molecule has 0 aliphatic carbocycles. The summed E-state index contributed by atoms with van der Waals surface area (Å²) >= 11 is 0. The highest BCUT2D eigenvalue weighted by atomic mass is 16.5. The molecule has 25 heavy (non-hydrogen) atoms. The lowest BCUT2D eigenvalue weighted by atomic mass is 10.1. The van der Waals surface area contributed by atoms with Crippen LogP contribution in [0.25, 0.3) is 33.8 Å². The van der Waals surface area contributed by atoms with Gasteiger partial charge in [0.15, 0.2) is 0 Å². The highest BCUT2D eigenvalue weighted by Crippen LogP contribution is 2.27. The van der Waals surface area contributed by atoms with E-state index >= 15 is 0 Å². The summed E-state index contributed by atoms with van der Waals surface area (Å²) in [7, 11) is 1.67. The van der Waals surface area contributed by atoms with E-state index in [1.54, 1.807) is 26.4 Å². The minimum Gasteiger partial charge on any atom is -0.383 e. The van der Waals surface area contributed by atoms with E-state index in [0.717, 1.165) is 16.6 Å². The molecule has 4 aromatic heterocycles. The molecule has 0 saturated heterocycles. The van der Waals surface area contributed by atoms with Crippen LogP contribution in [0.2, 0.25) is 0 Å². The van der Waals surface area contributed by atoms with Crippen LogP contribution in [0.3, 0.4) is 0 Å². The Balaban J connectivity index is 1.82. The smallest absolute Gasteiger partial charge is 0.223 e. The zero-order chi connectivity index (χ0) is 17.2. The first-order valence-corrected chi connectivity index (χ1v) is 7.84. The Morgan fingerprint density at radius 1 is 1.20 bits per heavy atom. The van der Waals surface area contributed by atoms with Crippen LogP contribution in [0.5, 0.6) is 0 Å². The van der Waals surface area contributed by atoms with E-state index in [9.17, 15) is 0 Å². The van der Waals surface area contributed by atoms with Crippen LogP contribution in [-0.4, -0.2) is 43.6 Å². The van der Waals surface area contributed by atoms with E-state index < -0.39 is 0 Å². The van der Waals surface area contributed by atoms with Gasteiger partial charge in [0.05, 0.1) is 24.4 Å². The van der Waals surface area contributed by atoms with Crippen molar-refractivity contribution in [2.24, 2.45) is 0 Å². The van der Waals surface area contributed by atoms with Gasteiger partial charge >= 0.3 is 0 Å². The third-order valence-electron chi connectivity index (χ3n) is 3.81. The van der Waals surface area contributed by atoms with Gasteiger partial charge in [-0.3, -0.25) is 14.6 Å². The van der Waals surface area contributed by atoms with Gasteiger partial charge in [0.2, 0.25) is 11.7 Å². The monoisotopic (exact) mass is 336 g/mol. The Bertz CT molecular complexity index is 1020. The quantitative estimate of drug-likeness (QED) is 0.553. The molecule has 0 saturated carbocycles. The van der Waals surface area contributed by atoms with Crippen LogP contribution in [0.4, 0.5) is 0 Å². The number of rotatable bonds is 5. The molecule has 4 heterocycles. The largest absolute Gasteiger partial charge is 0.383 e. The fourth-order valence-corrected chi connectivity index (χ4v) is 2.65. The number of fused-ring (bicyclic) bond motifs is 1. The number of aryl methyl sites for hydroxylation is 1. The predicted octanol–water partition coefficient (Wildman–Crippen LogP) is 2.50. The third-order valence-corrected chi connectivity index (χ3v) is 3.81. The molecule has 126 valence electrons. The first kappa shape index (κ1) is 15.4. The Labute approximate surface area is 143 Å². The molecule has 0 aliphatic rings. The highest BCUT2D eigenvalue weighted by molar-refractivity contribution is 5.89. The second-order valence-corrected chi connectivity index (χ2v) is 5.50. The highest BCUT2D eigenvalue weighted by Gasteiger charge is 2.16. The number of nitrogens with zero attached hydrogens (tertiary/aromatic N) is 6. The van der Waals surface area contributed by atoms with Crippen LogP contribution in [0.15, 0.2) is 41.2 Å². The zero-order valence-electron chi connectivity index (χ0n) is 13.9. The molecule has 0 atom stereocenters. The summed E-state index contributed by atoms with van der Waals surface area (Å²) in [4.78, 5) is 13.2. The van der Waals surface area contributed by atoms with Crippen LogP contribution in [0, 0.1) is 6.92 Å². The lowest BCUT2D eigenvalue weighted by Gasteiger charge is -2.01. The van der Waals surface area contributed by atoms with E-state index in [2.05, 4.69) is 25.2 Å². The van der Waals surface area contributed by atoms with Gasteiger partial charge in [0.25, 0.3) is 0 Å². The van der Waals surface area contributed by atoms with Crippen molar-refractivity contribution in [1.29, 1.82) is 0 Å². The Morgan fingerprint density at radius 2 is 2.12 bits per heavy atom. The minimum absolute atomic E-state index is 0.518. The molecule has 0 radical (unpaired) electrons. The summed E-state index contributed by atoms with van der Waals surface area (Å²) in [6.45, 7) is 2.97. The van der Waals surface area contributed by atoms with Crippen molar-refractivity contribution in [2.75, 3.05) is 13.7 Å². The normalized spacial score (nSPS) is 11.3. The van der Waals surface area contributed by atoms with Crippen molar-refractivity contribution in [3.05, 3.63) is 42.5 Å². The Hall–Kier alpha value is -3.13. The van der Waals surface area contributed by atoms with E-state index in [4.69, 9.17) is 9.26 Å². The summed E-state index contributed by atoms with van der Waals surface area (Å²) < 4.78 is 12.1. The van der Waals surface area contributed by atoms with Crippen LogP contribution in [0.1, 0.15) is 5.89 Å². The molecule has 0 unspecified atom stereocenters. The van der Waals surface area contributed by atoms with E-state index in [-0.39, 0.29) is 0 Å². The zero-order valence-corrected chi connectivity index (χ0v) is 13.9. The average Bonchev–Trinajstić information content (AvgIpc) is 3.24. The summed E-state index contributed by atoms with van der Waals surface area (Å²) in [5, 5.41) is 8.64. The summed E-state index contributed by atoms with van der Waals surface area (Å²) in [6, 6.07) is 7.61. The van der Waals surface area contributed by atoms with E-state index in [0.29, 0.717) is 36.3 Å². The fraction of sp³-hybridized carbons (Fsp3) is 0.235. The second kappa shape index (κ2) is 6.40. The van der Waals surface area contributed by atoms with Gasteiger partial charge in [-0.25, -0.2) is 0 Å². The van der Waals surface area contributed by atoms with Crippen LogP contribution in [-0.2, 0) is 11.3 Å². The molecule has 4 aromatic rings. The first-order chi connectivity index (χ1) is 12.3. The number of hydrogen-bond acceptors (Lipinski definition) is 7. The minimum atomic E-state index is 0.518. The number of ether oxygens (including phenoxy) is 1. The van der Waals surface area contributed by atoms with Gasteiger partial charge in [-0.15, -0.1) is 0 Å². The summed E-state index contributed by atoms with van der Waals surface area (Å²) in [5.41, 5.74) is 3.98. The van der Waals surface area contributed by atoms with Gasteiger partial charge in [-0.2, -0.15) is 10.1 Å². The molecular weight excluding hydrogens is 320 g/mol. The van der Waals surface area contributed by atoms with E-state index in [1.807, 2.05) is 28.9 Å². The lowest BCUT2D eigenvalue weighted by molar-refractivity contribution is 0.185. The van der Waals surface area contributed by atoms with E-state index in [1.165, 1.54) is 0 Å². The fourth-order valence-electron chi connectivity index (χ4n) is 2.65. The number of hydrogen-bond donors (Lipinski definition) is 0. The maximum atomic E-state index is 5.17. The molecule has 8 heteroatoms. The molecule has 0 aliphatic heterocycles. The maximum Gasteiger partial charge on any atom is 0.223 e. The summed E-state index contributed by atoms with van der Waals surface area (Å²) in [5.74, 6) is 1.04. The molecule has 0 amide bonds. The summed E-state index contributed by atoms with van der Waals surface area (Å²) in [6.07, 6.45) is 3.46. The average molecular weight is 336 g/mol. The first-order valence-electron chi connectivity index (χ1n) is 7.84. The molecule has 4 rings (SSSR count). The van der Waals surface area contributed by atoms with Crippen molar-refractivity contribution >= 4 is 11.0 Å². The predicted molar refractivity (Wildman–Crippen MR) is 90.7 cm³/mol. The maximum absolute atomic E-state index is 5.17. The van der Waals surface area contributed by atoms with Gasteiger partial charge in [-0.1, -0.05) is 5.16 Å². The lowest BCUT2D eigenvalue weighted by Crippen LogP contribution is -2.05. The second-order valence-electron chi connectivity index (χ2n) is 5.50. The van der Waals surface area contributed by atoms with Crippen molar-refractivity contribution < 1.29 is 9.26 Å². The van der Waals surface area contributed by atoms with Gasteiger partial charge in [0.1, 0.15) is 11.2 Å². The molecule has 0 fully saturated rings. The molecule has 0 N–H and O–H groups in total.